The Bertz CT molecular complexity index is 982. The van der Waals surface area contributed by atoms with Crippen LogP contribution in [0.15, 0.2) is 36.4 Å². The van der Waals surface area contributed by atoms with Gasteiger partial charge in [-0.2, -0.15) is 5.10 Å². The first-order valence-corrected chi connectivity index (χ1v) is 9.64. The predicted octanol–water partition coefficient (Wildman–Crippen LogP) is 4.75. The molecule has 0 atom stereocenters. The third kappa shape index (κ3) is 3.11. The third-order valence-electron chi connectivity index (χ3n) is 5.34. The van der Waals surface area contributed by atoms with Gasteiger partial charge in [-0.3, -0.25) is 0 Å². The third-order valence-corrected chi connectivity index (χ3v) is 5.34. The molecule has 0 saturated carbocycles. The lowest BCUT2D eigenvalue weighted by Crippen LogP contribution is -2.02. The molecule has 0 radical (unpaired) electrons. The number of rotatable bonds is 5. The van der Waals surface area contributed by atoms with Gasteiger partial charge in [-0.05, 0) is 62.4 Å². The summed E-state index contributed by atoms with van der Waals surface area (Å²) in [5.74, 6) is 1.90. The number of fused-ring (bicyclic) bond motifs is 1. The molecular weight excluding hydrogens is 352 g/mol. The molecule has 0 N–H and O–H groups in total. The second-order valence-corrected chi connectivity index (χ2v) is 7.15. The van der Waals surface area contributed by atoms with Crippen molar-refractivity contribution in [2.75, 3.05) is 21.3 Å². The number of aryl methyl sites for hydroxylation is 2. The first-order chi connectivity index (χ1) is 13.7. The fourth-order valence-corrected chi connectivity index (χ4v) is 4.01. The van der Waals surface area contributed by atoms with Crippen LogP contribution in [0.4, 0.5) is 0 Å². The van der Waals surface area contributed by atoms with Crippen molar-refractivity contribution in [1.29, 1.82) is 0 Å². The summed E-state index contributed by atoms with van der Waals surface area (Å²) in [4.78, 5) is 0. The molecule has 1 aliphatic carbocycles. The summed E-state index contributed by atoms with van der Waals surface area (Å²) in [7, 11) is 4.92. The zero-order valence-corrected chi connectivity index (χ0v) is 16.9. The zero-order valence-electron chi connectivity index (χ0n) is 16.9. The Morgan fingerprint density at radius 2 is 1.61 bits per heavy atom. The van der Waals surface area contributed by atoms with Crippen molar-refractivity contribution in [3.8, 4) is 34.2 Å². The quantitative estimate of drug-likeness (QED) is 0.643. The molecular formula is C23H26N2O3. The van der Waals surface area contributed by atoms with Crippen LogP contribution in [-0.2, 0) is 12.8 Å². The molecule has 0 fully saturated rings. The number of hydrogen-bond donors (Lipinski definition) is 0. The Hall–Kier alpha value is -2.95. The maximum atomic E-state index is 5.59. The minimum atomic E-state index is 0.601. The van der Waals surface area contributed by atoms with E-state index in [1.54, 1.807) is 21.3 Å². The highest BCUT2D eigenvalue weighted by Crippen LogP contribution is 2.43. The number of benzene rings is 2. The fourth-order valence-electron chi connectivity index (χ4n) is 4.01. The largest absolute Gasteiger partial charge is 0.493 e. The average molecular weight is 378 g/mol. The van der Waals surface area contributed by atoms with Gasteiger partial charge in [0.1, 0.15) is 0 Å². The minimum absolute atomic E-state index is 0.601. The van der Waals surface area contributed by atoms with E-state index < -0.39 is 0 Å². The van der Waals surface area contributed by atoms with Crippen molar-refractivity contribution in [2.45, 2.75) is 32.6 Å². The predicted molar refractivity (Wildman–Crippen MR) is 110 cm³/mol. The smallest absolute Gasteiger partial charge is 0.203 e. The molecule has 2 aromatic carbocycles. The molecule has 28 heavy (non-hydrogen) atoms. The number of hydrogen-bond acceptors (Lipinski definition) is 4. The van der Waals surface area contributed by atoms with Crippen molar-refractivity contribution in [2.24, 2.45) is 0 Å². The Morgan fingerprint density at radius 3 is 2.25 bits per heavy atom. The maximum Gasteiger partial charge on any atom is 0.203 e. The summed E-state index contributed by atoms with van der Waals surface area (Å²) in [6, 6.07) is 12.5. The summed E-state index contributed by atoms with van der Waals surface area (Å²) in [6.45, 7) is 2.10. The SMILES string of the molecule is COc1cc(-c2c3c(nn2-c2cccc(C)c2)CCCC3)cc(OC)c1OC. The summed E-state index contributed by atoms with van der Waals surface area (Å²) in [6.07, 6.45) is 4.43. The summed E-state index contributed by atoms with van der Waals surface area (Å²) >= 11 is 0. The van der Waals surface area contributed by atoms with Gasteiger partial charge in [0.2, 0.25) is 5.75 Å². The van der Waals surface area contributed by atoms with Gasteiger partial charge >= 0.3 is 0 Å². The van der Waals surface area contributed by atoms with E-state index in [1.807, 2.05) is 12.1 Å². The van der Waals surface area contributed by atoms with E-state index in [1.165, 1.54) is 29.7 Å². The first-order valence-electron chi connectivity index (χ1n) is 9.64. The lowest BCUT2D eigenvalue weighted by Gasteiger charge is -2.17. The number of methoxy groups -OCH3 is 3. The van der Waals surface area contributed by atoms with Crippen LogP contribution in [0.1, 0.15) is 29.7 Å². The minimum Gasteiger partial charge on any atom is -0.493 e. The Balaban J connectivity index is 1.98. The highest BCUT2D eigenvalue weighted by atomic mass is 16.5. The Labute approximate surface area is 165 Å². The molecule has 5 heteroatoms. The molecule has 0 unspecified atom stereocenters. The van der Waals surface area contributed by atoms with Crippen LogP contribution in [0.3, 0.4) is 0 Å². The molecule has 0 aliphatic heterocycles. The molecule has 1 aromatic heterocycles. The second kappa shape index (κ2) is 7.58. The first kappa shape index (κ1) is 18.4. The van der Waals surface area contributed by atoms with Gasteiger partial charge in [0, 0.05) is 11.1 Å². The Kier molecular flexibility index (Phi) is 4.99. The van der Waals surface area contributed by atoms with Gasteiger partial charge in [0.25, 0.3) is 0 Å². The average Bonchev–Trinajstić information content (AvgIpc) is 3.12. The van der Waals surface area contributed by atoms with Crippen molar-refractivity contribution in [1.82, 2.24) is 9.78 Å². The lowest BCUT2D eigenvalue weighted by atomic mass is 9.93. The van der Waals surface area contributed by atoms with Crippen molar-refractivity contribution >= 4 is 0 Å². The van der Waals surface area contributed by atoms with Crippen LogP contribution in [-0.4, -0.2) is 31.1 Å². The van der Waals surface area contributed by atoms with E-state index in [-0.39, 0.29) is 0 Å². The van der Waals surface area contributed by atoms with Gasteiger partial charge in [-0.25, -0.2) is 4.68 Å². The van der Waals surface area contributed by atoms with Gasteiger partial charge in [0.15, 0.2) is 11.5 Å². The normalized spacial score (nSPS) is 13.1. The molecule has 0 amide bonds. The van der Waals surface area contributed by atoms with E-state index in [4.69, 9.17) is 19.3 Å². The van der Waals surface area contributed by atoms with E-state index in [2.05, 4.69) is 35.9 Å². The van der Waals surface area contributed by atoms with Crippen LogP contribution in [0.5, 0.6) is 17.2 Å². The van der Waals surface area contributed by atoms with Crippen LogP contribution >= 0.6 is 0 Å². The zero-order chi connectivity index (χ0) is 19.7. The molecule has 3 aromatic rings. The highest BCUT2D eigenvalue weighted by Gasteiger charge is 2.25. The lowest BCUT2D eigenvalue weighted by molar-refractivity contribution is 0.324. The van der Waals surface area contributed by atoms with Gasteiger partial charge in [-0.1, -0.05) is 12.1 Å². The monoisotopic (exact) mass is 378 g/mol. The molecule has 5 nitrogen and oxygen atoms in total. The van der Waals surface area contributed by atoms with Crippen molar-refractivity contribution in [3.05, 3.63) is 53.2 Å². The van der Waals surface area contributed by atoms with Crippen molar-refractivity contribution in [3.63, 3.8) is 0 Å². The maximum absolute atomic E-state index is 5.59. The standard InChI is InChI=1S/C23H26N2O3/c1-15-8-7-9-17(12-15)25-22(18-10-5-6-11-19(18)24-25)16-13-20(26-2)23(28-4)21(14-16)27-3/h7-9,12-14H,5-6,10-11H2,1-4H3. The second-order valence-electron chi connectivity index (χ2n) is 7.15. The molecule has 1 aliphatic rings. The van der Waals surface area contributed by atoms with Gasteiger partial charge < -0.3 is 14.2 Å². The topological polar surface area (TPSA) is 45.5 Å². The molecule has 1 heterocycles. The van der Waals surface area contributed by atoms with Gasteiger partial charge in [0.05, 0.1) is 38.4 Å². The number of ether oxygens (including phenoxy) is 3. The highest BCUT2D eigenvalue weighted by molar-refractivity contribution is 5.73. The molecule has 4 rings (SSSR count). The van der Waals surface area contributed by atoms with E-state index in [9.17, 15) is 0 Å². The van der Waals surface area contributed by atoms with Crippen LogP contribution < -0.4 is 14.2 Å². The summed E-state index contributed by atoms with van der Waals surface area (Å²) in [5, 5.41) is 5.00. The molecule has 0 saturated heterocycles. The summed E-state index contributed by atoms with van der Waals surface area (Å²) < 4.78 is 18.8. The van der Waals surface area contributed by atoms with Crippen LogP contribution in [0.25, 0.3) is 16.9 Å². The fraction of sp³-hybridized carbons (Fsp3) is 0.348. The van der Waals surface area contributed by atoms with E-state index >= 15 is 0 Å². The van der Waals surface area contributed by atoms with E-state index in [0.29, 0.717) is 17.2 Å². The van der Waals surface area contributed by atoms with Gasteiger partial charge in [-0.15, -0.1) is 0 Å². The molecule has 0 spiro atoms. The van der Waals surface area contributed by atoms with Crippen molar-refractivity contribution < 1.29 is 14.2 Å². The van der Waals surface area contributed by atoms with Crippen LogP contribution in [0.2, 0.25) is 0 Å². The van der Waals surface area contributed by atoms with Crippen LogP contribution in [0, 0.1) is 6.92 Å². The Morgan fingerprint density at radius 1 is 0.893 bits per heavy atom. The number of nitrogens with zero attached hydrogens (tertiary/aromatic N) is 2. The molecule has 146 valence electrons. The van der Waals surface area contributed by atoms with E-state index in [0.717, 1.165) is 29.8 Å². The summed E-state index contributed by atoms with van der Waals surface area (Å²) in [5.41, 5.74) is 6.92. The molecule has 0 bridgehead atoms. The number of aromatic nitrogens is 2.